The summed E-state index contributed by atoms with van der Waals surface area (Å²) in [5, 5.41) is 0. The van der Waals surface area contributed by atoms with E-state index in [0.29, 0.717) is 23.0 Å². The molecule has 6 aromatic carbocycles. The summed E-state index contributed by atoms with van der Waals surface area (Å²) in [7, 11) is 0. The Hall–Kier alpha value is -9.62. The molecule has 12 heteroatoms. The van der Waals surface area contributed by atoms with Gasteiger partial charge in [0.25, 0.3) is 0 Å². The van der Waals surface area contributed by atoms with Gasteiger partial charge in [-0.1, -0.05) is 84.2 Å². The Bertz CT molecular complexity index is 3670. The van der Waals surface area contributed by atoms with Gasteiger partial charge in [0.2, 0.25) is 0 Å². The first-order valence-corrected chi connectivity index (χ1v) is 26.3. The Labute approximate surface area is 447 Å². The quantitative estimate of drug-likeness (QED) is 0.137. The summed E-state index contributed by atoms with van der Waals surface area (Å²) in [5.74, 6) is 1.09. The molecule has 6 aromatic heterocycles. The molecule has 2 aliphatic heterocycles. The predicted octanol–water partition coefficient (Wildman–Crippen LogP) is 16.4. The van der Waals surface area contributed by atoms with Crippen LogP contribution in [-0.2, 0) is 0 Å². The molecule has 358 valence electrons. The second-order valence-corrected chi connectivity index (χ2v) is 20.3. The maximum atomic E-state index is 5.35. The summed E-state index contributed by atoms with van der Waals surface area (Å²) in [6.45, 7) is 0. The van der Waals surface area contributed by atoms with Crippen molar-refractivity contribution < 1.29 is 0 Å². The van der Waals surface area contributed by atoms with Gasteiger partial charge in [-0.2, -0.15) is 0 Å². The SMILES string of the molecule is c1ccc(-c2cc(-c3cc(-c4cc(-c5cc(-c6ccccn6)nc(-c6cccnc6)n5)cc(N5c6ccccc6Sc6ccccc65)c4)cc(N4c5ccccc5Sc5ccccc54)c3)nc(-c3cccnc3)n2)nc1. The van der Waals surface area contributed by atoms with Gasteiger partial charge in [0.05, 0.1) is 56.9 Å². The van der Waals surface area contributed by atoms with Crippen LogP contribution in [0.1, 0.15) is 0 Å². The molecule has 0 radical (unpaired) electrons. The number of rotatable bonds is 9. The molecule has 0 unspecified atom stereocenters. The van der Waals surface area contributed by atoms with Gasteiger partial charge in [-0.15, -0.1) is 0 Å². The zero-order valence-electron chi connectivity index (χ0n) is 40.4. The normalized spacial score (nSPS) is 12.3. The molecule has 14 rings (SSSR count). The van der Waals surface area contributed by atoms with Crippen LogP contribution in [0.15, 0.2) is 263 Å². The molecule has 10 nitrogen and oxygen atoms in total. The van der Waals surface area contributed by atoms with E-state index < -0.39 is 0 Å². The topological polar surface area (TPSA) is 110 Å². The fraction of sp³-hybridized carbons (Fsp3) is 0. The van der Waals surface area contributed by atoms with E-state index in [1.54, 1.807) is 60.7 Å². The number of para-hydroxylation sites is 4. The Morgan fingerprint density at radius 1 is 0.276 bits per heavy atom. The van der Waals surface area contributed by atoms with Crippen molar-refractivity contribution in [2.75, 3.05) is 9.80 Å². The molecule has 0 saturated heterocycles. The minimum absolute atomic E-state index is 0.546. The Balaban J connectivity index is 1.05. The van der Waals surface area contributed by atoms with Crippen molar-refractivity contribution in [3.8, 4) is 79.2 Å². The summed E-state index contributed by atoms with van der Waals surface area (Å²) < 4.78 is 0. The zero-order chi connectivity index (χ0) is 50.4. The molecule has 0 saturated carbocycles. The number of hydrogen-bond acceptors (Lipinski definition) is 12. The van der Waals surface area contributed by atoms with Crippen LogP contribution in [0.2, 0.25) is 0 Å². The predicted molar refractivity (Wildman–Crippen MR) is 304 cm³/mol. The van der Waals surface area contributed by atoms with Gasteiger partial charge in [0, 0.05) is 90.4 Å². The van der Waals surface area contributed by atoms with Gasteiger partial charge >= 0.3 is 0 Å². The van der Waals surface area contributed by atoms with Crippen LogP contribution in [0.4, 0.5) is 34.1 Å². The molecule has 0 aliphatic carbocycles. The maximum Gasteiger partial charge on any atom is 0.162 e. The minimum Gasteiger partial charge on any atom is -0.308 e. The van der Waals surface area contributed by atoms with Crippen molar-refractivity contribution in [2.45, 2.75) is 19.6 Å². The van der Waals surface area contributed by atoms with Crippen LogP contribution in [0, 0.1) is 0 Å². The third-order valence-electron chi connectivity index (χ3n) is 13.3. The van der Waals surface area contributed by atoms with E-state index in [1.165, 1.54) is 0 Å². The fourth-order valence-electron chi connectivity index (χ4n) is 9.80. The first-order chi connectivity index (χ1) is 37.6. The van der Waals surface area contributed by atoms with Crippen molar-refractivity contribution in [1.82, 2.24) is 39.9 Å². The lowest BCUT2D eigenvalue weighted by molar-refractivity contribution is 1.15. The van der Waals surface area contributed by atoms with E-state index in [1.807, 2.05) is 72.8 Å². The van der Waals surface area contributed by atoms with E-state index in [4.69, 9.17) is 29.9 Å². The summed E-state index contributed by atoms with van der Waals surface area (Å²) in [6.07, 6.45) is 10.7. The van der Waals surface area contributed by atoms with E-state index in [2.05, 4.69) is 153 Å². The summed E-state index contributed by atoms with van der Waals surface area (Å²) >= 11 is 3.57. The lowest BCUT2D eigenvalue weighted by Crippen LogP contribution is -2.15. The first kappa shape index (κ1) is 45.0. The van der Waals surface area contributed by atoms with E-state index in [9.17, 15) is 0 Å². The molecule has 76 heavy (non-hydrogen) atoms. The average molecular weight is 1010 g/mol. The highest BCUT2D eigenvalue weighted by atomic mass is 32.2. The number of benzene rings is 6. The number of nitrogens with zero attached hydrogens (tertiary/aromatic N) is 10. The van der Waals surface area contributed by atoms with Crippen LogP contribution < -0.4 is 9.80 Å². The highest BCUT2D eigenvalue weighted by molar-refractivity contribution is 8.00. The average Bonchev–Trinajstić information content (AvgIpc) is 3.56. The van der Waals surface area contributed by atoms with Gasteiger partial charge in [0.1, 0.15) is 0 Å². The zero-order valence-corrected chi connectivity index (χ0v) is 42.0. The molecule has 2 aliphatic rings. The van der Waals surface area contributed by atoms with Crippen LogP contribution in [0.3, 0.4) is 0 Å². The molecular weight excluding hydrogens is 973 g/mol. The van der Waals surface area contributed by atoms with Crippen molar-refractivity contribution in [3.05, 3.63) is 243 Å². The number of pyridine rings is 4. The van der Waals surface area contributed by atoms with Crippen molar-refractivity contribution in [2.24, 2.45) is 0 Å². The number of hydrogen-bond donors (Lipinski definition) is 0. The van der Waals surface area contributed by atoms with Gasteiger partial charge in [-0.3, -0.25) is 19.9 Å². The lowest BCUT2D eigenvalue weighted by Gasteiger charge is -2.34. The molecule has 0 spiro atoms. The second-order valence-electron chi connectivity index (χ2n) is 18.1. The Morgan fingerprint density at radius 3 is 1.01 bits per heavy atom. The highest BCUT2D eigenvalue weighted by Crippen LogP contribution is 2.54. The molecule has 0 fully saturated rings. The smallest absolute Gasteiger partial charge is 0.162 e. The molecule has 12 aromatic rings. The van der Waals surface area contributed by atoms with E-state index in [-0.39, 0.29) is 0 Å². The lowest BCUT2D eigenvalue weighted by atomic mass is 9.95. The Morgan fingerprint density at radius 2 is 0.645 bits per heavy atom. The molecule has 0 bridgehead atoms. The first-order valence-electron chi connectivity index (χ1n) is 24.7. The van der Waals surface area contributed by atoms with Gasteiger partial charge in [0.15, 0.2) is 11.6 Å². The Kier molecular flexibility index (Phi) is 11.5. The van der Waals surface area contributed by atoms with Gasteiger partial charge in [-0.25, -0.2) is 19.9 Å². The van der Waals surface area contributed by atoms with Crippen LogP contribution in [0.25, 0.3) is 79.2 Å². The van der Waals surface area contributed by atoms with Crippen LogP contribution in [0.5, 0.6) is 0 Å². The van der Waals surface area contributed by atoms with Crippen molar-refractivity contribution in [3.63, 3.8) is 0 Å². The molecule has 0 amide bonds. The molecule has 8 heterocycles. The summed E-state index contributed by atoms with van der Waals surface area (Å²) in [6, 6.07) is 71.6. The number of aromatic nitrogens is 8. The monoisotopic (exact) mass is 1010 g/mol. The fourth-order valence-corrected chi connectivity index (χ4v) is 11.9. The molecule has 0 atom stereocenters. The van der Waals surface area contributed by atoms with E-state index >= 15 is 0 Å². The summed E-state index contributed by atoms with van der Waals surface area (Å²) in [5.41, 5.74) is 15.9. The van der Waals surface area contributed by atoms with Crippen molar-refractivity contribution in [1.29, 1.82) is 0 Å². The van der Waals surface area contributed by atoms with Crippen molar-refractivity contribution >= 4 is 57.6 Å². The number of fused-ring (bicyclic) bond motifs is 4. The standard InChI is InChI=1S/C64H40N10S2/c1-5-23-59-55(19-1)73(56-20-2-6-24-60(56)75-59)47-33-43(31-45(35-47)51-37-53(49-17-9-11-29-67-49)71-63(69-51)41-15-13-27-65-39-41)44-32-46(36-48(34-44)74-57-21-3-7-25-61(57)76-62-26-8-4-22-58(62)74)52-38-54(50-18-10-12-30-68-50)72-64(70-52)42-16-14-28-66-40-42/h1-40H. The second kappa shape index (κ2) is 19.3. The minimum atomic E-state index is 0.546. The molecule has 0 N–H and O–H groups in total. The maximum absolute atomic E-state index is 5.35. The highest BCUT2D eigenvalue weighted by Gasteiger charge is 2.28. The van der Waals surface area contributed by atoms with E-state index in [0.717, 1.165) is 110 Å². The third-order valence-corrected chi connectivity index (χ3v) is 15.5. The van der Waals surface area contributed by atoms with Gasteiger partial charge in [-0.05, 0) is 157 Å². The summed E-state index contributed by atoms with van der Waals surface area (Å²) in [4.78, 5) is 48.7. The third kappa shape index (κ3) is 8.50. The van der Waals surface area contributed by atoms with Crippen LogP contribution >= 0.6 is 23.5 Å². The van der Waals surface area contributed by atoms with Gasteiger partial charge < -0.3 is 9.80 Å². The largest absolute Gasteiger partial charge is 0.308 e. The molecular formula is C64H40N10S2. The van der Waals surface area contributed by atoms with Crippen LogP contribution in [-0.4, -0.2) is 39.9 Å². The number of anilines is 6.